The summed E-state index contributed by atoms with van der Waals surface area (Å²) in [7, 11) is 1.71. The molecule has 0 unspecified atom stereocenters. The molecular weight excluding hydrogens is 250 g/mol. The molecule has 0 atom stereocenters. The molecule has 0 bridgehead atoms. The lowest BCUT2D eigenvalue weighted by Gasteiger charge is -2.21. The molecule has 1 aromatic rings. The second-order valence-corrected chi connectivity index (χ2v) is 5.71. The van der Waals surface area contributed by atoms with E-state index in [-0.39, 0.29) is 17.2 Å². The number of para-hydroxylation sites is 1. The molecule has 1 N–H and O–H groups in total. The van der Waals surface area contributed by atoms with Crippen LogP contribution in [0.15, 0.2) is 24.3 Å². The Bertz CT molecular complexity index is 462. The van der Waals surface area contributed by atoms with E-state index in [0.29, 0.717) is 0 Å². The molecule has 0 radical (unpaired) electrons. The highest BCUT2D eigenvalue weighted by atomic mass is 16.5. The van der Waals surface area contributed by atoms with Crippen LogP contribution < -0.4 is 10.1 Å². The van der Waals surface area contributed by atoms with Crippen molar-refractivity contribution in [2.45, 2.75) is 44.9 Å². The van der Waals surface area contributed by atoms with Crippen LogP contribution in [0.25, 0.3) is 0 Å². The summed E-state index contributed by atoms with van der Waals surface area (Å²) in [6, 6.07) is 8.15. The molecule has 1 saturated carbocycles. The van der Waals surface area contributed by atoms with E-state index >= 15 is 0 Å². The van der Waals surface area contributed by atoms with Gasteiger partial charge in [0.1, 0.15) is 5.75 Å². The monoisotopic (exact) mass is 275 g/mol. The van der Waals surface area contributed by atoms with E-state index in [4.69, 9.17) is 4.74 Å². The molecule has 1 aliphatic carbocycles. The molecule has 1 aromatic carbocycles. The summed E-state index contributed by atoms with van der Waals surface area (Å²) in [5, 5.41) is 3.14. The van der Waals surface area contributed by atoms with Crippen LogP contribution in [0.4, 0.5) is 0 Å². The fraction of sp³-hybridized carbons (Fsp3) is 0.588. The van der Waals surface area contributed by atoms with Crippen molar-refractivity contribution in [1.82, 2.24) is 5.32 Å². The summed E-state index contributed by atoms with van der Waals surface area (Å²) in [4.78, 5) is 12.1. The van der Waals surface area contributed by atoms with Crippen molar-refractivity contribution in [3.8, 4) is 5.75 Å². The summed E-state index contributed by atoms with van der Waals surface area (Å²) < 4.78 is 5.46. The van der Waals surface area contributed by atoms with E-state index < -0.39 is 0 Å². The van der Waals surface area contributed by atoms with Crippen LogP contribution in [-0.4, -0.2) is 19.6 Å². The van der Waals surface area contributed by atoms with Crippen LogP contribution in [0.3, 0.4) is 0 Å². The first-order valence-corrected chi connectivity index (χ1v) is 7.58. The SMILES string of the molecule is CCC(CC)C(=O)NCC1(c2ccccc2OC)CC1. The molecule has 1 fully saturated rings. The number of hydrogen-bond donors (Lipinski definition) is 1. The van der Waals surface area contributed by atoms with E-state index in [1.54, 1.807) is 7.11 Å². The maximum atomic E-state index is 12.1. The van der Waals surface area contributed by atoms with E-state index in [9.17, 15) is 4.79 Å². The Labute approximate surface area is 121 Å². The van der Waals surface area contributed by atoms with E-state index in [2.05, 4.69) is 25.2 Å². The van der Waals surface area contributed by atoms with Gasteiger partial charge in [0.15, 0.2) is 0 Å². The van der Waals surface area contributed by atoms with Gasteiger partial charge in [-0.25, -0.2) is 0 Å². The summed E-state index contributed by atoms with van der Waals surface area (Å²) in [6.07, 6.45) is 4.06. The average Bonchev–Trinajstić information content (AvgIpc) is 3.27. The van der Waals surface area contributed by atoms with Crippen molar-refractivity contribution in [1.29, 1.82) is 0 Å². The summed E-state index contributed by atoms with van der Waals surface area (Å²) in [5.41, 5.74) is 1.32. The minimum atomic E-state index is 0.0916. The number of ether oxygens (including phenoxy) is 1. The van der Waals surface area contributed by atoms with Gasteiger partial charge in [0.25, 0.3) is 0 Å². The van der Waals surface area contributed by atoms with Crippen LogP contribution in [0, 0.1) is 5.92 Å². The van der Waals surface area contributed by atoms with Crippen LogP contribution >= 0.6 is 0 Å². The number of hydrogen-bond acceptors (Lipinski definition) is 2. The Hall–Kier alpha value is -1.51. The van der Waals surface area contributed by atoms with Gasteiger partial charge >= 0.3 is 0 Å². The number of carbonyl (C=O) groups is 1. The van der Waals surface area contributed by atoms with Gasteiger partial charge in [-0.15, -0.1) is 0 Å². The number of nitrogens with one attached hydrogen (secondary N) is 1. The van der Waals surface area contributed by atoms with Gasteiger partial charge in [-0.3, -0.25) is 4.79 Å². The predicted octanol–water partition coefficient (Wildman–Crippen LogP) is 3.28. The van der Waals surface area contributed by atoms with Crippen LogP contribution in [0.1, 0.15) is 45.1 Å². The first-order chi connectivity index (χ1) is 9.66. The minimum Gasteiger partial charge on any atom is -0.496 e. The van der Waals surface area contributed by atoms with E-state index in [1.807, 2.05) is 18.2 Å². The molecule has 0 heterocycles. The second-order valence-electron chi connectivity index (χ2n) is 5.71. The number of rotatable bonds is 7. The van der Waals surface area contributed by atoms with Crippen molar-refractivity contribution in [2.75, 3.05) is 13.7 Å². The van der Waals surface area contributed by atoms with Gasteiger partial charge in [-0.1, -0.05) is 32.0 Å². The Balaban J connectivity index is 2.04. The van der Waals surface area contributed by atoms with E-state index in [1.165, 1.54) is 5.56 Å². The molecule has 1 amide bonds. The Morgan fingerprint density at radius 2 is 1.95 bits per heavy atom. The Kier molecular flexibility index (Phi) is 4.69. The fourth-order valence-electron chi connectivity index (χ4n) is 2.84. The molecule has 0 spiro atoms. The number of benzene rings is 1. The van der Waals surface area contributed by atoms with Crippen molar-refractivity contribution in [3.05, 3.63) is 29.8 Å². The second kappa shape index (κ2) is 6.29. The van der Waals surface area contributed by atoms with Crippen molar-refractivity contribution in [2.24, 2.45) is 5.92 Å². The van der Waals surface area contributed by atoms with Gasteiger partial charge in [0.2, 0.25) is 5.91 Å². The Morgan fingerprint density at radius 1 is 1.30 bits per heavy atom. The zero-order valence-electron chi connectivity index (χ0n) is 12.7. The molecule has 0 saturated heterocycles. The number of methoxy groups -OCH3 is 1. The van der Waals surface area contributed by atoms with Gasteiger partial charge in [0.05, 0.1) is 7.11 Å². The maximum absolute atomic E-state index is 12.1. The molecule has 3 heteroatoms. The highest BCUT2D eigenvalue weighted by Gasteiger charge is 2.46. The smallest absolute Gasteiger partial charge is 0.223 e. The molecule has 2 rings (SSSR count). The largest absolute Gasteiger partial charge is 0.496 e. The molecule has 0 aromatic heterocycles. The van der Waals surface area contributed by atoms with Crippen molar-refractivity contribution < 1.29 is 9.53 Å². The van der Waals surface area contributed by atoms with Gasteiger partial charge in [0, 0.05) is 23.4 Å². The third-order valence-electron chi connectivity index (χ3n) is 4.49. The zero-order valence-corrected chi connectivity index (χ0v) is 12.7. The lowest BCUT2D eigenvalue weighted by atomic mass is 9.94. The average molecular weight is 275 g/mol. The van der Waals surface area contributed by atoms with Gasteiger partial charge in [-0.2, -0.15) is 0 Å². The third kappa shape index (κ3) is 2.97. The number of amides is 1. The van der Waals surface area contributed by atoms with Crippen molar-refractivity contribution in [3.63, 3.8) is 0 Å². The van der Waals surface area contributed by atoms with Crippen LogP contribution in [0.2, 0.25) is 0 Å². The molecular formula is C17H25NO2. The van der Waals surface area contributed by atoms with Crippen LogP contribution in [0.5, 0.6) is 5.75 Å². The lowest BCUT2D eigenvalue weighted by molar-refractivity contribution is -0.125. The summed E-state index contributed by atoms with van der Waals surface area (Å²) >= 11 is 0. The van der Waals surface area contributed by atoms with Gasteiger partial charge in [-0.05, 0) is 31.7 Å². The standard InChI is InChI=1S/C17H25NO2/c1-4-13(5-2)16(19)18-12-17(10-11-17)14-8-6-7-9-15(14)20-3/h6-9,13H,4-5,10-12H2,1-3H3,(H,18,19). The maximum Gasteiger partial charge on any atom is 0.223 e. The minimum absolute atomic E-state index is 0.0916. The summed E-state index contributed by atoms with van der Waals surface area (Å²) in [6.45, 7) is 4.87. The highest BCUT2D eigenvalue weighted by molar-refractivity contribution is 5.78. The molecule has 20 heavy (non-hydrogen) atoms. The van der Waals surface area contributed by atoms with Crippen molar-refractivity contribution >= 4 is 5.91 Å². The molecule has 3 nitrogen and oxygen atoms in total. The summed E-state index contributed by atoms with van der Waals surface area (Å²) in [5.74, 6) is 1.27. The van der Waals surface area contributed by atoms with Crippen LogP contribution in [-0.2, 0) is 10.2 Å². The zero-order chi connectivity index (χ0) is 14.6. The highest BCUT2D eigenvalue weighted by Crippen LogP contribution is 2.50. The first kappa shape index (κ1) is 14.9. The molecule has 0 aliphatic heterocycles. The molecule has 1 aliphatic rings. The number of carbonyl (C=O) groups excluding carboxylic acids is 1. The molecule has 110 valence electrons. The lowest BCUT2D eigenvalue weighted by Crippen LogP contribution is -2.36. The predicted molar refractivity (Wildman–Crippen MR) is 81.0 cm³/mol. The quantitative estimate of drug-likeness (QED) is 0.829. The Morgan fingerprint density at radius 3 is 2.50 bits per heavy atom. The normalized spacial score (nSPS) is 16.0. The fourth-order valence-corrected chi connectivity index (χ4v) is 2.84. The van der Waals surface area contributed by atoms with Gasteiger partial charge < -0.3 is 10.1 Å². The topological polar surface area (TPSA) is 38.3 Å². The third-order valence-corrected chi connectivity index (χ3v) is 4.49. The first-order valence-electron chi connectivity index (χ1n) is 7.58. The van der Waals surface area contributed by atoms with E-state index in [0.717, 1.165) is 38.0 Å².